The van der Waals surface area contributed by atoms with Crippen LogP contribution < -0.4 is 5.46 Å². The van der Waals surface area contributed by atoms with E-state index in [0.29, 0.717) is 6.42 Å². The summed E-state index contributed by atoms with van der Waals surface area (Å²) < 4.78 is 1.04. The maximum absolute atomic E-state index is 13.0. The van der Waals surface area contributed by atoms with E-state index in [-0.39, 0.29) is 11.9 Å². The Balaban J connectivity index is 1.83. The van der Waals surface area contributed by atoms with E-state index in [1.165, 1.54) is 10.9 Å². The fourth-order valence-corrected chi connectivity index (χ4v) is 4.30. The molecule has 1 aliphatic heterocycles. The molecular weight excluding hydrogens is 399 g/mol. The number of rotatable bonds is 4. The van der Waals surface area contributed by atoms with Gasteiger partial charge in [0.2, 0.25) is 5.91 Å². The Morgan fingerprint density at radius 1 is 1.26 bits per heavy atom. The van der Waals surface area contributed by atoms with Crippen molar-refractivity contribution >= 4 is 46.0 Å². The van der Waals surface area contributed by atoms with Gasteiger partial charge in [-0.25, -0.2) is 0 Å². The van der Waals surface area contributed by atoms with Crippen LogP contribution in [0.5, 0.6) is 0 Å². The molecule has 1 unspecified atom stereocenters. The number of nitrogens with one attached hydrogen (secondary N) is 1. The molecule has 1 aliphatic rings. The highest BCUT2D eigenvalue weighted by molar-refractivity contribution is 9.10. The van der Waals surface area contributed by atoms with E-state index in [0.717, 1.165) is 52.5 Å². The minimum Gasteiger partial charge on any atom is -0.356 e. The highest BCUT2D eigenvalue weighted by Crippen LogP contribution is 2.38. The van der Waals surface area contributed by atoms with Gasteiger partial charge in [0.25, 0.3) is 0 Å². The molecule has 5 heteroatoms. The number of hydrogen-bond donors (Lipinski definition) is 1. The Hall–Kier alpha value is -2.01. The number of fused-ring (bicyclic) bond motifs is 3. The van der Waals surface area contributed by atoms with Crippen molar-refractivity contribution in [1.29, 1.82) is 0 Å². The van der Waals surface area contributed by atoms with Gasteiger partial charge in [0.1, 0.15) is 7.85 Å². The minimum absolute atomic E-state index is 0.0835. The normalized spacial score (nSPS) is 16.5. The average molecular weight is 421 g/mol. The van der Waals surface area contributed by atoms with Crippen LogP contribution in [0.3, 0.4) is 0 Å². The van der Waals surface area contributed by atoms with Crippen LogP contribution in [0.1, 0.15) is 49.0 Å². The SMILES string of the molecule is [B]c1ccc2[nH]c3c(c2c1)CCN(C(=O)CCCC)C3c1ccc(Br)cc1. The van der Waals surface area contributed by atoms with Crippen molar-refractivity contribution in [2.45, 2.75) is 38.6 Å². The number of hydrogen-bond acceptors (Lipinski definition) is 1. The van der Waals surface area contributed by atoms with Crippen LogP contribution in [0.15, 0.2) is 46.9 Å². The number of carbonyl (C=O) groups excluding carboxylic acids is 1. The van der Waals surface area contributed by atoms with E-state index in [4.69, 9.17) is 7.85 Å². The molecule has 1 aromatic heterocycles. The summed E-state index contributed by atoms with van der Waals surface area (Å²) in [6.45, 7) is 2.86. The van der Waals surface area contributed by atoms with Gasteiger partial charge in [-0.3, -0.25) is 4.79 Å². The summed E-state index contributed by atoms with van der Waals surface area (Å²) in [6.07, 6.45) is 3.41. The lowest BCUT2D eigenvalue weighted by atomic mass is 9.89. The summed E-state index contributed by atoms with van der Waals surface area (Å²) in [6, 6.07) is 14.2. The first-order valence-corrected chi connectivity index (χ1v) is 10.3. The van der Waals surface area contributed by atoms with Gasteiger partial charge in [-0.05, 0) is 42.2 Å². The molecule has 0 saturated heterocycles. The van der Waals surface area contributed by atoms with E-state index in [1.54, 1.807) is 0 Å². The first kappa shape index (κ1) is 18.4. The molecule has 2 heterocycles. The van der Waals surface area contributed by atoms with Crippen LogP contribution in [0, 0.1) is 0 Å². The monoisotopic (exact) mass is 420 g/mol. The number of H-pyrrole nitrogens is 1. The number of unbranched alkanes of at least 4 members (excludes halogenated alkanes) is 1. The molecule has 1 amide bonds. The number of nitrogens with zero attached hydrogens (tertiary/aromatic N) is 1. The Labute approximate surface area is 169 Å². The minimum atomic E-state index is -0.0835. The first-order valence-electron chi connectivity index (χ1n) is 9.53. The van der Waals surface area contributed by atoms with Crippen LogP contribution in [0.25, 0.3) is 10.9 Å². The first-order chi connectivity index (χ1) is 13.1. The van der Waals surface area contributed by atoms with Crippen molar-refractivity contribution in [3.63, 3.8) is 0 Å². The molecule has 2 aromatic carbocycles. The molecule has 0 saturated carbocycles. The molecule has 136 valence electrons. The van der Waals surface area contributed by atoms with Crippen molar-refractivity contribution in [2.75, 3.05) is 6.54 Å². The maximum atomic E-state index is 13.0. The third kappa shape index (κ3) is 3.45. The van der Waals surface area contributed by atoms with Crippen LogP contribution >= 0.6 is 15.9 Å². The lowest BCUT2D eigenvalue weighted by Gasteiger charge is -2.36. The van der Waals surface area contributed by atoms with Gasteiger partial charge < -0.3 is 9.88 Å². The van der Waals surface area contributed by atoms with Crippen LogP contribution in [-0.4, -0.2) is 30.2 Å². The van der Waals surface area contributed by atoms with Gasteiger partial charge in [-0.15, -0.1) is 0 Å². The molecule has 2 radical (unpaired) electrons. The van der Waals surface area contributed by atoms with E-state index >= 15 is 0 Å². The third-order valence-electron chi connectivity index (χ3n) is 5.40. The van der Waals surface area contributed by atoms with Crippen LogP contribution in [0.4, 0.5) is 0 Å². The van der Waals surface area contributed by atoms with Gasteiger partial charge in [0.05, 0.1) is 6.04 Å². The molecule has 0 spiro atoms. The van der Waals surface area contributed by atoms with Crippen molar-refractivity contribution in [3.8, 4) is 0 Å². The number of halogens is 1. The summed E-state index contributed by atoms with van der Waals surface area (Å²) in [4.78, 5) is 18.6. The van der Waals surface area contributed by atoms with Crippen LogP contribution in [0.2, 0.25) is 0 Å². The molecule has 0 aliphatic carbocycles. The molecule has 1 N–H and O–H groups in total. The molecule has 0 bridgehead atoms. The lowest BCUT2D eigenvalue weighted by molar-refractivity contribution is -0.133. The molecule has 0 fully saturated rings. The highest BCUT2D eigenvalue weighted by Gasteiger charge is 2.34. The second-order valence-electron chi connectivity index (χ2n) is 7.22. The molecule has 3 aromatic rings. The smallest absolute Gasteiger partial charge is 0.223 e. The standard InChI is InChI=1S/C22H22BBrN2O/c1-2-3-4-20(27)26-12-11-17-18-13-15(23)7-10-19(18)25-21(17)22(26)14-5-8-16(24)9-6-14/h5-10,13,22,25H,2-4,11-12H2,1H3. The third-order valence-corrected chi connectivity index (χ3v) is 5.93. The molecule has 4 rings (SSSR count). The zero-order valence-corrected chi connectivity index (χ0v) is 17.1. The van der Waals surface area contributed by atoms with Gasteiger partial charge in [0, 0.05) is 34.0 Å². The van der Waals surface area contributed by atoms with Gasteiger partial charge in [-0.2, -0.15) is 0 Å². The number of benzene rings is 2. The summed E-state index contributed by atoms with van der Waals surface area (Å²) in [7, 11) is 6.03. The predicted octanol–water partition coefficient (Wildman–Crippen LogP) is 4.39. The zero-order chi connectivity index (χ0) is 19.0. The van der Waals surface area contributed by atoms with Crippen molar-refractivity contribution < 1.29 is 4.79 Å². The Bertz CT molecular complexity index is 980. The van der Waals surface area contributed by atoms with Crippen molar-refractivity contribution in [3.05, 3.63) is 63.8 Å². The van der Waals surface area contributed by atoms with Gasteiger partial charge in [-0.1, -0.05) is 59.0 Å². The van der Waals surface area contributed by atoms with Crippen molar-refractivity contribution in [1.82, 2.24) is 9.88 Å². The quantitative estimate of drug-likeness (QED) is 0.624. The fraction of sp³-hybridized carbons (Fsp3) is 0.318. The summed E-state index contributed by atoms with van der Waals surface area (Å²) in [5.74, 6) is 0.230. The largest absolute Gasteiger partial charge is 0.356 e. The average Bonchev–Trinajstić information content (AvgIpc) is 3.04. The highest BCUT2D eigenvalue weighted by atomic mass is 79.9. The summed E-state index contributed by atoms with van der Waals surface area (Å²) >= 11 is 3.51. The van der Waals surface area contributed by atoms with E-state index < -0.39 is 0 Å². The second-order valence-corrected chi connectivity index (χ2v) is 8.13. The Kier molecular flexibility index (Phi) is 5.13. The molecule has 27 heavy (non-hydrogen) atoms. The fourth-order valence-electron chi connectivity index (χ4n) is 4.04. The van der Waals surface area contributed by atoms with E-state index in [9.17, 15) is 4.79 Å². The molecule has 3 nitrogen and oxygen atoms in total. The van der Waals surface area contributed by atoms with Gasteiger partial charge >= 0.3 is 0 Å². The predicted molar refractivity (Wildman–Crippen MR) is 115 cm³/mol. The number of aromatic nitrogens is 1. The topological polar surface area (TPSA) is 36.1 Å². The Morgan fingerprint density at radius 2 is 2.04 bits per heavy atom. The second kappa shape index (κ2) is 7.55. The Morgan fingerprint density at radius 3 is 2.78 bits per heavy atom. The zero-order valence-electron chi connectivity index (χ0n) is 15.5. The van der Waals surface area contributed by atoms with Crippen molar-refractivity contribution in [2.24, 2.45) is 0 Å². The van der Waals surface area contributed by atoms with E-state index in [1.807, 2.05) is 35.2 Å². The molecule has 1 atom stereocenters. The van der Waals surface area contributed by atoms with E-state index in [2.05, 4.69) is 40.0 Å². The van der Waals surface area contributed by atoms with Crippen LogP contribution in [-0.2, 0) is 11.2 Å². The molecular formula is C22H22BBrN2O. The lowest BCUT2D eigenvalue weighted by Crippen LogP contribution is -2.40. The number of aromatic amines is 1. The summed E-state index contributed by atoms with van der Waals surface area (Å²) in [5.41, 5.74) is 5.38. The number of amides is 1. The maximum Gasteiger partial charge on any atom is 0.223 e. The summed E-state index contributed by atoms with van der Waals surface area (Å²) in [5, 5.41) is 1.17. The van der Waals surface area contributed by atoms with Gasteiger partial charge in [0.15, 0.2) is 0 Å². The number of carbonyl (C=O) groups is 1.